The maximum absolute atomic E-state index is 13.2. The Bertz CT molecular complexity index is 1290. The Morgan fingerprint density at radius 3 is 2.59 bits per heavy atom. The first-order valence-corrected chi connectivity index (χ1v) is 10.3. The van der Waals surface area contributed by atoms with E-state index in [-0.39, 0.29) is 11.8 Å². The van der Waals surface area contributed by atoms with E-state index < -0.39 is 29.9 Å². The van der Waals surface area contributed by atoms with Crippen LogP contribution in [0.25, 0.3) is 10.8 Å². The molecule has 1 unspecified atom stereocenters. The number of nitrogens with zero attached hydrogens (tertiary/aromatic N) is 1. The van der Waals surface area contributed by atoms with E-state index in [9.17, 15) is 14.4 Å². The summed E-state index contributed by atoms with van der Waals surface area (Å²) in [5, 5.41) is 7.56. The van der Waals surface area contributed by atoms with Crippen molar-refractivity contribution in [1.82, 2.24) is 10.2 Å². The first kappa shape index (κ1) is 20.1. The minimum Gasteiger partial charge on any atom is -0.454 e. The minimum absolute atomic E-state index is 0.0683. The van der Waals surface area contributed by atoms with Crippen LogP contribution < -0.4 is 20.1 Å². The molecule has 0 saturated carbocycles. The first-order valence-electron chi connectivity index (χ1n) is 9.87. The van der Waals surface area contributed by atoms with Gasteiger partial charge in [0, 0.05) is 12.1 Å². The number of nitrogens with one attached hydrogen (secondary N) is 2. The first-order chi connectivity index (χ1) is 15.3. The molecule has 0 aliphatic carbocycles. The highest BCUT2D eigenvalue weighted by atomic mass is 35.5. The van der Waals surface area contributed by atoms with E-state index in [0.29, 0.717) is 22.7 Å². The van der Waals surface area contributed by atoms with E-state index in [4.69, 9.17) is 21.1 Å². The van der Waals surface area contributed by atoms with Crippen LogP contribution in [0.4, 0.5) is 10.5 Å². The third-order valence-electron chi connectivity index (χ3n) is 5.64. The van der Waals surface area contributed by atoms with Crippen LogP contribution in [0.5, 0.6) is 11.5 Å². The van der Waals surface area contributed by atoms with Gasteiger partial charge in [0.25, 0.3) is 5.91 Å². The van der Waals surface area contributed by atoms with E-state index >= 15 is 0 Å². The van der Waals surface area contributed by atoms with E-state index in [1.807, 2.05) is 36.4 Å². The summed E-state index contributed by atoms with van der Waals surface area (Å²) < 4.78 is 10.5. The molecule has 162 valence electrons. The zero-order valence-corrected chi connectivity index (χ0v) is 17.7. The number of urea groups is 1. The van der Waals surface area contributed by atoms with Gasteiger partial charge in [0.15, 0.2) is 11.5 Å². The van der Waals surface area contributed by atoms with Crippen LogP contribution in [0.3, 0.4) is 0 Å². The number of amides is 4. The number of carbonyl (C=O) groups is 3. The van der Waals surface area contributed by atoms with Crippen LogP contribution in [0.15, 0.2) is 54.6 Å². The zero-order chi connectivity index (χ0) is 22.5. The lowest BCUT2D eigenvalue weighted by Gasteiger charge is -2.22. The number of hydrogen-bond donors (Lipinski definition) is 2. The monoisotopic (exact) mass is 451 g/mol. The molecule has 0 aromatic heterocycles. The fourth-order valence-corrected chi connectivity index (χ4v) is 4.08. The molecule has 3 aromatic rings. The fourth-order valence-electron chi connectivity index (χ4n) is 3.88. The van der Waals surface area contributed by atoms with Crippen molar-refractivity contribution < 1.29 is 23.9 Å². The average molecular weight is 452 g/mol. The van der Waals surface area contributed by atoms with Crippen LogP contribution in [0.2, 0.25) is 5.02 Å². The molecule has 4 amide bonds. The predicted octanol–water partition coefficient (Wildman–Crippen LogP) is 3.63. The summed E-state index contributed by atoms with van der Waals surface area (Å²) in [5.74, 6) is -0.154. The normalized spacial score (nSPS) is 19.4. The lowest BCUT2D eigenvalue weighted by Crippen LogP contribution is -2.42. The molecule has 3 aromatic carbocycles. The van der Waals surface area contributed by atoms with Crippen LogP contribution in [0, 0.1) is 0 Å². The standard InChI is InChI=1S/C23H18ClN3O5/c1-23(15-7-6-13-4-2-3-5-14(13)8-15)21(29)27(22(30)26-23)11-20(28)25-17-10-19-18(9-16(17)24)31-12-32-19/h2-10H,11-12H2,1H3,(H,25,28)(H,26,30). The number of ether oxygens (including phenoxy) is 2. The van der Waals surface area contributed by atoms with Crippen molar-refractivity contribution in [1.29, 1.82) is 0 Å². The third-order valence-corrected chi connectivity index (χ3v) is 5.95. The van der Waals surface area contributed by atoms with Crippen molar-refractivity contribution in [2.75, 3.05) is 18.7 Å². The van der Waals surface area contributed by atoms with Crippen LogP contribution in [-0.4, -0.2) is 36.1 Å². The summed E-state index contributed by atoms with van der Waals surface area (Å²) in [6, 6.07) is 15.7. The van der Waals surface area contributed by atoms with Crippen molar-refractivity contribution in [3.8, 4) is 11.5 Å². The number of rotatable bonds is 4. The van der Waals surface area contributed by atoms with Gasteiger partial charge in [-0.15, -0.1) is 0 Å². The topological polar surface area (TPSA) is 97.0 Å². The van der Waals surface area contributed by atoms with Gasteiger partial charge in [-0.05, 0) is 29.3 Å². The minimum atomic E-state index is -1.28. The molecule has 1 atom stereocenters. The van der Waals surface area contributed by atoms with Gasteiger partial charge in [0.05, 0.1) is 10.7 Å². The maximum Gasteiger partial charge on any atom is 0.325 e. The Labute approximate surface area is 188 Å². The SMILES string of the molecule is CC1(c2ccc3ccccc3c2)NC(=O)N(CC(=O)Nc2cc3c(cc2Cl)OCO3)C1=O. The number of halogens is 1. The van der Waals surface area contributed by atoms with Gasteiger partial charge in [-0.1, -0.05) is 48.0 Å². The second-order valence-corrected chi connectivity index (χ2v) is 8.15. The summed E-state index contributed by atoms with van der Waals surface area (Å²) in [6.45, 7) is 1.24. The van der Waals surface area contributed by atoms with Crippen molar-refractivity contribution in [3.63, 3.8) is 0 Å². The molecular formula is C23H18ClN3O5. The highest BCUT2D eigenvalue weighted by molar-refractivity contribution is 6.34. The van der Waals surface area contributed by atoms with Gasteiger partial charge in [-0.25, -0.2) is 4.79 Å². The molecule has 2 aliphatic heterocycles. The molecule has 5 rings (SSSR count). The molecule has 1 fully saturated rings. The Morgan fingerprint density at radius 2 is 1.81 bits per heavy atom. The molecule has 2 heterocycles. The Hall–Kier alpha value is -3.78. The number of benzene rings is 3. The van der Waals surface area contributed by atoms with E-state index in [1.165, 1.54) is 12.1 Å². The van der Waals surface area contributed by atoms with Crippen molar-refractivity contribution in [3.05, 3.63) is 65.2 Å². The van der Waals surface area contributed by atoms with Gasteiger partial charge >= 0.3 is 6.03 Å². The number of carbonyl (C=O) groups excluding carboxylic acids is 3. The maximum atomic E-state index is 13.2. The summed E-state index contributed by atoms with van der Waals surface area (Å²) in [4.78, 5) is 39.3. The van der Waals surface area contributed by atoms with Gasteiger partial charge in [0.1, 0.15) is 12.1 Å². The van der Waals surface area contributed by atoms with E-state index in [1.54, 1.807) is 13.0 Å². The summed E-state index contributed by atoms with van der Waals surface area (Å²) in [5.41, 5.74) is -0.348. The quantitative estimate of drug-likeness (QED) is 0.590. The van der Waals surface area contributed by atoms with Crippen LogP contribution in [-0.2, 0) is 15.1 Å². The second-order valence-electron chi connectivity index (χ2n) is 7.74. The molecule has 1 saturated heterocycles. The zero-order valence-electron chi connectivity index (χ0n) is 17.0. The van der Waals surface area contributed by atoms with Crippen molar-refractivity contribution in [2.24, 2.45) is 0 Å². The van der Waals surface area contributed by atoms with Crippen LogP contribution in [0.1, 0.15) is 12.5 Å². The molecule has 9 heteroatoms. The Kier molecular flexibility index (Phi) is 4.67. The van der Waals surface area contributed by atoms with E-state index in [2.05, 4.69) is 10.6 Å². The molecule has 0 bridgehead atoms. The van der Waals surface area contributed by atoms with Gasteiger partial charge in [-0.2, -0.15) is 0 Å². The van der Waals surface area contributed by atoms with Gasteiger partial charge in [0.2, 0.25) is 12.7 Å². The molecule has 0 spiro atoms. The summed E-state index contributed by atoms with van der Waals surface area (Å²) in [7, 11) is 0. The smallest absolute Gasteiger partial charge is 0.325 e. The Balaban J connectivity index is 1.35. The summed E-state index contributed by atoms with van der Waals surface area (Å²) in [6.07, 6.45) is 0. The molecule has 8 nitrogen and oxygen atoms in total. The number of anilines is 1. The molecule has 2 N–H and O–H groups in total. The lowest BCUT2D eigenvalue weighted by atomic mass is 9.90. The molecule has 0 radical (unpaired) electrons. The highest BCUT2D eigenvalue weighted by Crippen LogP contribution is 2.39. The fraction of sp³-hybridized carbons (Fsp3) is 0.174. The number of imide groups is 1. The highest BCUT2D eigenvalue weighted by Gasteiger charge is 2.49. The third kappa shape index (κ3) is 3.29. The Morgan fingerprint density at radius 1 is 1.09 bits per heavy atom. The predicted molar refractivity (Wildman–Crippen MR) is 118 cm³/mol. The average Bonchev–Trinajstić information content (AvgIpc) is 3.31. The van der Waals surface area contributed by atoms with Gasteiger partial charge < -0.3 is 20.1 Å². The van der Waals surface area contributed by atoms with Crippen molar-refractivity contribution in [2.45, 2.75) is 12.5 Å². The molecule has 32 heavy (non-hydrogen) atoms. The number of fused-ring (bicyclic) bond motifs is 2. The second kappa shape index (κ2) is 7.42. The van der Waals surface area contributed by atoms with Crippen molar-refractivity contribution >= 4 is 45.9 Å². The molecular weight excluding hydrogens is 434 g/mol. The summed E-state index contributed by atoms with van der Waals surface area (Å²) >= 11 is 6.19. The number of hydrogen-bond acceptors (Lipinski definition) is 5. The lowest BCUT2D eigenvalue weighted by molar-refractivity contribution is -0.133. The van der Waals surface area contributed by atoms with Crippen LogP contribution >= 0.6 is 11.6 Å². The molecule has 2 aliphatic rings. The largest absolute Gasteiger partial charge is 0.454 e. The van der Waals surface area contributed by atoms with E-state index in [0.717, 1.165) is 15.7 Å². The van der Waals surface area contributed by atoms with Gasteiger partial charge in [-0.3, -0.25) is 14.5 Å².